The molecule has 0 saturated heterocycles. The Hall–Kier alpha value is -2.50. The minimum atomic E-state index is 0.410. The summed E-state index contributed by atoms with van der Waals surface area (Å²) in [5.74, 6) is 2.21. The standard InChI is InChI=1S/C19H29N5O/c1-5-20-19(21-13-16(2)14-24-12-8-11-22-24)23(3)15-17-9-6-7-10-18(17)25-4/h6-12,16H,5,13-15H2,1-4H3,(H,20,21). The van der Waals surface area contributed by atoms with Crippen LogP contribution in [0.25, 0.3) is 0 Å². The summed E-state index contributed by atoms with van der Waals surface area (Å²) in [6, 6.07) is 10.0. The molecule has 2 aromatic rings. The summed E-state index contributed by atoms with van der Waals surface area (Å²) in [7, 11) is 3.75. The average Bonchev–Trinajstić information content (AvgIpc) is 3.11. The van der Waals surface area contributed by atoms with Gasteiger partial charge in [0.2, 0.25) is 0 Å². The number of ether oxygens (including phenoxy) is 1. The van der Waals surface area contributed by atoms with Gasteiger partial charge in [0.05, 0.1) is 7.11 Å². The molecule has 0 fully saturated rings. The Balaban J connectivity index is 1.99. The van der Waals surface area contributed by atoms with Crippen LogP contribution in [0.3, 0.4) is 0 Å². The van der Waals surface area contributed by atoms with Gasteiger partial charge in [0, 0.05) is 51.2 Å². The number of benzene rings is 1. The number of rotatable bonds is 8. The van der Waals surface area contributed by atoms with Crippen LogP contribution < -0.4 is 10.1 Å². The highest BCUT2D eigenvalue weighted by Gasteiger charge is 2.11. The van der Waals surface area contributed by atoms with Crippen molar-refractivity contribution in [1.29, 1.82) is 0 Å². The first-order valence-corrected chi connectivity index (χ1v) is 8.72. The van der Waals surface area contributed by atoms with Crippen molar-refractivity contribution in [3.63, 3.8) is 0 Å². The molecule has 0 radical (unpaired) electrons. The smallest absolute Gasteiger partial charge is 0.193 e. The molecular weight excluding hydrogens is 314 g/mol. The molecule has 2 rings (SSSR count). The van der Waals surface area contributed by atoms with Crippen LogP contribution in [0.5, 0.6) is 5.75 Å². The number of hydrogen-bond acceptors (Lipinski definition) is 3. The molecule has 0 saturated carbocycles. The van der Waals surface area contributed by atoms with E-state index in [-0.39, 0.29) is 0 Å². The Bertz CT molecular complexity index is 654. The third kappa shape index (κ3) is 5.81. The molecular formula is C19H29N5O. The molecule has 1 aromatic heterocycles. The maximum absolute atomic E-state index is 5.45. The maximum Gasteiger partial charge on any atom is 0.193 e. The van der Waals surface area contributed by atoms with Gasteiger partial charge in [0.25, 0.3) is 0 Å². The van der Waals surface area contributed by atoms with Crippen LogP contribution >= 0.6 is 0 Å². The summed E-state index contributed by atoms with van der Waals surface area (Å²) < 4.78 is 7.40. The molecule has 0 aliphatic carbocycles. The van der Waals surface area contributed by atoms with Crippen LogP contribution in [-0.4, -0.2) is 47.9 Å². The second kappa shape index (κ2) is 9.71. The number of methoxy groups -OCH3 is 1. The van der Waals surface area contributed by atoms with Crippen molar-refractivity contribution < 1.29 is 4.74 Å². The fraction of sp³-hybridized carbons (Fsp3) is 0.474. The number of nitrogens with zero attached hydrogens (tertiary/aromatic N) is 4. The van der Waals surface area contributed by atoms with Crippen molar-refractivity contribution in [1.82, 2.24) is 20.0 Å². The van der Waals surface area contributed by atoms with Gasteiger partial charge in [-0.2, -0.15) is 5.10 Å². The van der Waals surface area contributed by atoms with Gasteiger partial charge in [0.15, 0.2) is 5.96 Å². The summed E-state index contributed by atoms with van der Waals surface area (Å²) >= 11 is 0. The van der Waals surface area contributed by atoms with E-state index in [2.05, 4.69) is 35.2 Å². The van der Waals surface area contributed by atoms with Crippen molar-refractivity contribution in [2.24, 2.45) is 10.9 Å². The quantitative estimate of drug-likeness (QED) is 0.591. The van der Waals surface area contributed by atoms with Gasteiger partial charge in [-0.3, -0.25) is 9.67 Å². The molecule has 6 nitrogen and oxygen atoms in total. The summed E-state index contributed by atoms with van der Waals surface area (Å²) in [5, 5.41) is 7.62. The number of nitrogens with one attached hydrogen (secondary N) is 1. The normalized spacial score (nSPS) is 12.7. The van der Waals surface area contributed by atoms with Crippen LogP contribution in [0, 0.1) is 5.92 Å². The zero-order valence-electron chi connectivity index (χ0n) is 15.6. The Morgan fingerprint density at radius 1 is 1.36 bits per heavy atom. The molecule has 0 aliphatic rings. The minimum Gasteiger partial charge on any atom is -0.496 e. The second-order valence-electron chi connectivity index (χ2n) is 6.20. The molecule has 0 bridgehead atoms. The van der Waals surface area contributed by atoms with E-state index in [1.54, 1.807) is 13.3 Å². The Morgan fingerprint density at radius 2 is 2.16 bits per heavy atom. The lowest BCUT2D eigenvalue weighted by Crippen LogP contribution is -2.39. The van der Waals surface area contributed by atoms with E-state index in [1.807, 2.05) is 42.2 Å². The number of para-hydroxylation sites is 1. The van der Waals surface area contributed by atoms with E-state index in [1.165, 1.54) is 0 Å². The monoisotopic (exact) mass is 343 g/mol. The van der Waals surface area contributed by atoms with Crippen LogP contribution in [0.2, 0.25) is 0 Å². The topological polar surface area (TPSA) is 54.7 Å². The third-order valence-corrected chi connectivity index (χ3v) is 3.91. The van der Waals surface area contributed by atoms with Crippen molar-refractivity contribution in [2.45, 2.75) is 26.9 Å². The number of hydrogen-bond donors (Lipinski definition) is 1. The van der Waals surface area contributed by atoms with Crippen LogP contribution in [0.4, 0.5) is 0 Å². The van der Waals surface area contributed by atoms with Crippen LogP contribution in [-0.2, 0) is 13.1 Å². The van der Waals surface area contributed by atoms with Crippen molar-refractivity contribution in [3.8, 4) is 5.75 Å². The highest BCUT2D eigenvalue weighted by Crippen LogP contribution is 2.18. The average molecular weight is 343 g/mol. The molecule has 25 heavy (non-hydrogen) atoms. The minimum absolute atomic E-state index is 0.410. The second-order valence-corrected chi connectivity index (χ2v) is 6.20. The lowest BCUT2D eigenvalue weighted by Gasteiger charge is -2.23. The highest BCUT2D eigenvalue weighted by molar-refractivity contribution is 5.79. The Labute approximate surface area is 150 Å². The molecule has 0 aliphatic heterocycles. The van der Waals surface area contributed by atoms with Crippen LogP contribution in [0.1, 0.15) is 19.4 Å². The van der Waals surface area contributed by atoms with E-state index in [9.17, 15) is 0 Å². The van der Waals surface area contributed by atoms with Crippen molar-refractivity contribution in [3.05, 3.63) is 48.3 Å². The fourth-order valence-corrected chi connectivity index (χ4v) is 2.66. The molecule has 1 unspecified atom stereocenters. The number of aromatic nitrogens is 2. The van der Waals surface area contributed by atoms with Gasteiger partial charge < -0.3 is 15.0 Å². The largest absolute Gasteiger partial charge is 0.496 e. The number of guanidine groups is 1. The van der Waals surface area contributed by atoms with Gasteiger partial charge in [-0.25, -0.2) is 0 Å². The summed E-state index contributed by atoms with van der Waals surface area (Å²) in [6.45, 7) is 7.46. The van der Waals surface area contributed by atoms with Gasteiger partial charge in [-0.1, -0.05) is 25.1 Å². The van der Waals surface area contributed by atoms with Gasteiger partial charge in [0.1, 0.15) is 5.75 Å². The highest BCUT2D eigenvalue weighted by atomic mass is 16.5. The summed E-state index contributed by atoms with van der Waals surface area (Å²) in [5.41, 5.74) is 1.14. The van der Waals surface area contributed by atoms with Gasteiger partial charge >= 0.3 is 0 Å². The lowest BCUT2D eigenvalue weighted by atomic mass is 10.2. The summed E-state index contributed by atoms with van der Waals surface area (Å²) in [4.78, 5) is 6.92. The van der Waals surface area contributed by atoms with Crippen molar-refractivity contribution >= 4 is 5.96 Å². The number of aliphatic imine (C=N–C) groups is 1. The zero-order valence-corrected chi connectivity index (χ0v) is 15.6. The van der Waals surface area contributed by atoms with Gasteiger partial charge in [-0.05, 0) is 25.0 Å². The molecule has 136 valence electrons. The van der Waals surface area contributed by atoms with E-state index in [0.29, 0.717) is 5.92 Å². The van der Waals surface area contributed by atoms with Crippen molar-refractivity contribution in [2.75, 3.05) is 27.2 Å². The summed E-state index contributed by atoms with van der Waals surface area (Å²) in [6.07, 6.45) is 3.79. The van der Waals surface area contributed by atoms with E-state index in [0.717, 1.165) is 43.5 Å². The Morgan fingerprint density at radius 3 is 2.84 bits per heavy atom. The molecule has 0 amide bonds. The molecule has 1 atom stereocenters. The fourth-order valence-electron chi connectivity index (χ4n) is 2.66. The van der Waals surface area contributed by atoms with E-state index < -0.39 is 0 Å². The molecule has 1 heterocycles. The molecule has 6 heteroatoms. The van der Waals surface area contributed by atoms with E-state index in [4.69, 9.17) is 9.73 Å². The first-order chi connectivity index (χ1) is 12.1. The Kier molecular flexibility index (Phi) is 7.32. The SMILES string of the molecule is CCNC(=NCC(C)Cn1cccn1)N(C)Cc1ccccc1OC. The predicted molar refractivity (Wildman–Crippen MR) is 102 cm³/mol. The third-order valence-electron chi connectivity index (χ3n) is 3.91. The first-order valence-electron chi connectivity index (χ1n) is 8.72. The van der Waals surface area contributed by atoms with Gasteiger partial charge in [-0.15, -0.1) is 0 Å². The predicted octanol–water partition coefficient (Wildman–Crippen LogP) is 2.63. The molecule has 1 aromatic carbocycles. The zero-order chi connectivity index (χ0) is 18.1. The van der Waals surface area contributed by atoms with Crippen LogP contribution in [0.15, 0.2) is 47.7 Å². The molecule has 0 spiro atoms. The van der Waals surface area contributed by atoms with E-state index >= 15 is 0 Å². The maximum atomic E-state index is 5.45. The first kappa shape index (κ1) is 18.8. The molecule has 1 N–H and O–H groups in total. The lowest BCUT2D eigenvalue weighted by molar-refractivity contribution is 0.395.